The number of nitrogens with two attached hydrogens (primary N) is 1. The Hall–Kier alpha value is -1.71. The van der Waals surface area contributed by atoms with Gasteiger partial charge in [-0.05, 0) is 37.8 Å². The number of carboxylic acid groups (broad SMARTS) is 1. The molecular formula is C14H20N2O2. The van der Waals surface area contributed by atoms with Crippen LogP contribution in [0.25, 0.3) is 0 Å². The lowest BCUT2D eigenvalue weighted by Crippen LogP contribution is -2.34. The second-order valence-corrected chi connectivity index (χ2v) is 4.88. The Balaban J connectivity index is 2.30. The van der Waals surface area contributed by atoms with E-state index in [-0.39, 0.29) is 0 Å². The number of aromatic carboxylic acids is 1. The van der Waals surface area contributed by atoms with Gasteiger partial charge in [-0.25, -0.2) is 4.79 Å². The molecule has 0 saturated heterocycles. The molecule has 1 saturated carbocycles. The van der Waals surface area contributed by atoms with Crippen molar-refractivity contribution in [2.24, 2.45) is 5.92 Å². The molecule has 18 heavy (non-hydrogen) atoms. The first-order valence-corrected chi connectivity index (χ1v) is 6.50. The maximum absolute atomic E-state index is 11.3. The van der Waals surface area contributed by atoms with Gasteiger partial charge in [-0.3, -0.25) is 0 Å². The zero-order valence-corrected chi connectivity index (χ0v) is 10.7. The van der Waals surface area contributed by atoms with Crippen LogP contribution in [0.2, 0.25) is 0 Å². The summed E-state index contributed by atoms with van der Waals surface area (Å²) in [6, 6.07) is 5.09. The van der Waals surface area contributed by atoms with Crippen molar-refractivity contribution in [1.82, 2.24) is 0 Å². The van der Waals surface area contributed by atoms with Gasteiger partial charge in [0.05, 0.1) is 16.9 Å². The molecule has 2 rings (SSSR count). The number of benzene rings is 1. The van der Waals surface area contributed by atoms with Crippen molar-refractivity contribution in [2.45, 2.75) is 26.2 Å². The SMILES string of the molecule is CCN(CC1CCC1)c1c(N)cccc1C(=O)O. The van der Waals surface area contributed by atoms with Crippen molar-refractivity contribution in [1.29, 1.82) is 0 Å². The molecule has 1 aliphatic carbocycles. The average Bonchev–Trinajstić information content (AvgIpc) is 2.28. The van der Waals surface area contributed by atoms with Gasteiger partial charge in [-0.2, -0.15) is 0 Å². The molecule has 98 valence electrons. The molecule has 1 aromatic rings. The van der Waals surface area contributed by atoms with Gasteiger partial charge in [-0.15, -0.1) is 0 Å². The predicted molar refractivity (Wildman–Crippen MR) is 73.0 cm³/mol. The van der Waals surface area contributed by atoms with Crippen LogP contribution in [0.1, 0.15) is 36.5 Å². The molecule has 0 amide bonds. The summed E-state index contributed by atoms with van der Waals surface area (Å²) < 4.78 is 0. The van der Waals surface area contributed by atoms with Crippen LogP contribution in [0.15, 0.2) is 18.2 Å². The van der Waals surface area contributed by atoms with Crippen molar-refractivity contribution < 1.29 is 9.90 Å². The lowest BCUT2D eigenvalue weighted by molar-refractivity contribution is 0.0697. The Morgan fingerprint density at radius 3 is 2.72 bits per heavy atom. The molecule has 3 N–H and O–H groups in total. The van der Waals surface area contributed by atoms with Gasteiger partial charge in [0.2, 0.25) is 0 Å². The fourth-order valence-electron chi connectivity index (χ4n) is 2.45. The minimum Gasteiger partial charge on any atom is -0.478 e. The molecule has 0 atom stereocenters. The third kappa shape index (κ3) is 2.42. The van der Waals surface area contributed by atoms with Crippen molar-refractivity contribution >= 4 is 17.3 Å². The van der Waals surface area contributed by atoms with Gasteiger partial charge in [0.25, 0.3) is 0 Å². The number of hydrogen-bond donors (Lipinski definition) is 2. The molecule has 0 unspecified atom stereocenters. The highest BCUT2D eigenvalue weighted by molar-refractivity contribution is 5.98. The highest BCUT2D eigenvalue weighted by atomic mass is 16.4. The molecule has 0 aliphatic heterocycles. The number of para-hydroxylation sites is 1. The highest BCUT2D eigenvalue weighted by Crippen LogP contribution is 2.33. The number of nitrogens with zero attached hydrogens (tertiary/aromatic N) is 1. The Kier molecular flexibility index (Phi) is 3.75. The number of carboxylic acids is 1. The molecule has 0 aromatic heterocycles. The first kappa shape index (κ1) is 12.7. The van der Waals surface area contributed by atoms with Crippen molar-refractivity contribution in [3.05, 3.63) is 23.8 Å². The number of nitrogen functional groups attached to an aromatic ring is 1. The zero-order valence-electron chi connectivity index (χ0n) is 10.7. The summed E-state index contributed by atoms with van der Waals surface area (Å²) in [6.07, 6.45) is 3.77. The maximum atomic E-state index is 11.3. The van der Waals surface area contributed by atoms with E-state index in [2.05, 4.69) is 4.90 Å². The third-order valence-electron chi connectivity index (χ3n) is 3.70. The predicted octanol–water partition coefficient (Wildman–Crippen LogP) is 2.59. The van der Waals surface area contributed by atoms with E-state index in [4.69, 9.17) is 5.73 Å². The van der Waals surface area contributed by atoms with E-state index in [1.165, 1.54) is 19.3 Å². The van der Waals surface area contributed by atoms with Crippen LogP contribution < -0.4 is 10.6 Å². The number of hydrogen-bond acceptors (Lipinski definition) is 3. The lowest BCUT2D eigenvalue weighted by atomic mass is 9.85. The number of carbonyl (C=O) groups is 1. The lowest BCUT2D eigenvalue weighted by Gasteiger charge is -2.34. The fourth-order valence-corrected chi connectivity index (χ4v) is 2.45. The van der Waals surface area contributed by atoms with Crippen LogP contribution in [-0.2, 0) is 0 Å². The monoisotopic (exact) mass is 248 g/mol. The topological polar surface area (TPSA) is 66.6 Å². The van der Waals surface area contributed by atoms with Crippen molar-refractivity contribution in [3.63, 3.8) is 0 Å². The van der Waals surface area contributed by atoms with Crippen molar-refractivity contribution in [2.75, 3.05) is 23.7 Å². The molecule has 0 bridgehead atoms. The molecule has 1 aliphatic rings. The van der Waals surface area contributed by atoms with E-state index in [1.54, 1.807) is 18.2 Å². The second kappa shape index (κ2) is 5.29. The second-order valence-electron chi connectivity index (χ2n) is 4.88. The Labute approximate surface area is 107 Å². The van der Waals surface area contributed by atoms with Gasteiger partial charge in [0.1, 0.15) is 0 Å². The first-order chi connectivity index (χ1) is 8.63. The molecule has 0 spiro atoms. The van der Waals surface area contributed by atoms with Gasteiger partial charge in [0.15, 0.2) is 0 Å². The minimum absolute atomic E-state index is 0.302. The molecular weight excluding hydrogens is 228 g/mol. The maximum Gasteiger partial charge on any atom is 0.337 e. The third-order valence-corrected chi connectivity index (χ3v) is 3.70. The smallest absolute Gasteiger partial charge is 0.337 e. The molecule has 0 heterocycles. The van der Waals surface area contributed by atoms with Gasteiger partial charge >= 0.3 is 5.97 Å². The summed E-state index contributed by atoms with van der Waals surface area (Å²) in [7, 11) is 0. The van der Waals surface area contributed by atoms with Crippen LogP contribution in [0, 0.1) is 5.92 Å². The van der Waals surface area contributed by atoms with E-state index < -0.39 is 5.97 Å². The normalized spacial score (nSPS) is 15.2. The molecule has 4 heteroatoms. The van der Waals surface area contributed by atoms with E-state index in [1.807, 2.05) is 6.92 Å². The zero-order chi connectivity index (χ0) is 13.1. The quantitative estimate of drug-likeness (QED) is 0.786. The van der Waals surface area contributed by atoms with Crippen molar-refractivity contribution in [3.8, 4) is 0 Å². The van der Waals surface area contributed by atoms with E-state index >= 15 is 0 Å². The van der Waals surface area contributed by atoms with Crippen LogP contribution in [0.4, 0.5) is 11.4 Å². The summed E-state index contributed by atoms with van der Waals surface area (Å²) in [6.45, 7) is 3.73. The standard InChI is InChI=1S/C14H20N2O2/c1-2-16(9-10-5-3-6-10)13-11(14(17)18)7-4-8-12(13)15/h4,7-8,10H,2-3,5-6,9,15H2,1H3,(H,17,18). The summed E-state index contributed by atoms with van der Waals surface area (Å²) in [5, 5.41) is 9.26. The largest absolute Gasteiger partial charge is 0.478 e. The summed E-state index contributed by atoms with van der Waals surface area (Å²) >= 11 is 0. The molecule has 1 aromatic carbocycles. The summed E-state index contributed by atoms with van der Waals surface area (Å²) in [4.78, 5) is 13.4. The highest BCUT2D eigenvalue weighted by Gasteiger charge is 2.24. The Morgan fingerprint density at radius 2 is 2.22 bits per heavy atom. The van der Waals surface area contributed by atoms with Crippen LogP contribution in [-0.4, -0.2) is 24.2 Å². The van der Waals surface area contributed by atoms with Gasteiger partial charge < -0.3 is 15.7 Å². The Morgan fingerprint density at radius 1 is 1.50 bits per heavy atom. The van der Waals surface area contributed by atoms with E-state index in [0.29, 0.717) is 22.9 Å². The summed E-state index contributed by atoms with van der Waals surface area (Å²) in [5.41, 5.74) is 7.50. The Bertz CT molecular complexity index is 441. The number of anilines is 2. The molecule has 0 radical (unpaired) electrons. The average molecular weight is 248 g/mol. The van der Waals surface area contributed by atoms with Crippen LogP contribution in [0.3, 0.4) is 0 Å². The minimum atomic E-state index is -0.913. The number of rotatable bonds is 5. The van der Waals surface area contributed by atoms with Gasteiger partial charge in [-0.1, -0.05) is 12.5 Å². The summed E-state index contributed by atoms with van der Waals surface area (Å²) in [5.74, 6) is -0.226. The fraction of sp³-hybridized carbons (Fsp3) is 0.500. The van der Waals surface area contributed by atoms with Gasteiger partial charge in [0, 0.05) is 13.1 Å². The first-order valence-electron chi connectivity index (χ1n) is 6.50. The molecule has 4 nitrogen and oxygen atoms in total. The van der Waals surface area contributed by atoms with Crippen LogP contribution >= 0.6 is 0 Å². The van der Waals surface area contributed by atoms with Crippen LogP contribution in [0.5, 0.6) is 0 Å². The van der Waals surface area contributed by atoms with E-state index in [0.717, 1.165) is 13.1 Å². The van der Waals surface area contributed by atoms with E-state index in [9.17, 15) is 9.90 Å². The molecule has 1 fully saturated rings.